The molecule has 1 saturated heterocycles. The number of aromatic nitrogens is 1. The molecule has 3 rings (SSSR count). The largest absolute Gasteiger partial charge is 0.494 e. The van der Waals surface area contributed by atoms with Gasteiger partial charge in [-0.2, -0.15) is 0 Å². The normalized spacial score (nSPS) is 15.0. The zero-order valence-corrected chi connectivity index (χ0v) is 19.1. The number of thiazole rings is 1. The van der Waals surface area contributed by atoms with Gasteiger partial charge in [0.2, 0.25) is 0 Å². The molecular weight excluding hydrogens is 398 g/mol. The zero-order valence-electron chi connectivity index (χ0n) is 18.3. The summed E-state index contributed by atoms with van der Waals surface area (Å²) in [5.74, 6) is 0.886. The van der Waals surface area contributed by atoms with E-state index >= 15 is 0 Å². The fourth-order valence-corrected chi connectivity index (χ4v) is 4.17. The standard InChI is InChI=1S/C23H33N3O3S/c1-23(2,3)25-22(27)29-17-20-16-24-21(30-20)18-8-10-19(11-9-18)28-15-7-14-26-12-5-4-6-13-26/h8-11,16H,4-7,12-15,17H2,1-3H3,(H,25,27). The monoisotopic (exact) mass is 431 g/mol. The number of hydrogen-bond acceptors (Lipinski definition) is 6. The lowest BCUT2D eigenvalue weighted by atomic mass is 10.1. The molecule has 0 bridgehead atoms. The molecule has 7 heteroatoms. The first kappa shape index (κ1) is 22.6. The number of nitrogens with one attached hydrogen (secondary N) is 1. The van der Waals surface area contributed by atoms with Gasteiger partial charge in [-0.3, -0.25) is 0 Å². The first-order valence-corrected chi connectivity index (χ1v) is 11.6. The Hall–Kier alpha value is -2.12. The van der Waals surface area contributed by atoms with Crippen LogP contribution in [0, 0.1) is 0 Å². The van der Waals surface area contributed by atoms with Gasteiger partial charge in [0, 0.05) is 23.8 Å². The molecular formula is C23H33N3O3S. The molecule has 0 aliphatic carbocycles. The van der Waals surface area contributed by atoms with E-state index in [0.29, 0.717) is 0 Å². The lowest BCUT2D eigenvalue weighted by Crippen LogP contribution is -2.40. The van der Waals surface area contributed by atoms with Gasteiger partial charge in [0.1, 0.15) is 17.4 Å². The van der Waals surface area contributed by atoms with Gasteiger partial charge in [-0.05, 0) is 77.4 Å². The molecule has 164 valence electrons. The molecule has 0 unspecified atom stereocenters. The van der Waals surface area contributed by atoms with E-state index < -0.39 is 6.09 Å². The minimum atomic E-state index is -0.417. The SMILES string of the molecule is CC(C)(C)NC(=O)OCc1cnc(-c2ccc(OCCCN3CCCCC3)cc2)s1. The first-order valence-electron chi connectivity index (χ1n) is 10.7. The number of likely N-dealkylation sites (tertiary alicyclic amines) is 1. The number of alkyl carbamates (subject to hydrolysis) is 1. The van der Waals surface area contributed by atoms with Crippen LogP contribution in [0.5, 0.6) is 5.75 Å². The smallest absolute Gasteiger partial charge is 0.407 e. The Balaban J connectivity index is 1.41. The fraction of sp³-hybridized carbons (Fsp3) is 0.565. The van der Waals surface area contributed by atoms with Crippen molar-refractivity contribution in [1.29, 1.82) is 0 Å². The van der Waals surface area contributed by atoms with Crippen LogP contribution in [-0.4, -0.2) is 47.8 Å². The second-order valence-electron chi connectivity index (χ2n) is 8.71. The van der Waals surface area contributed by atoms with Crippen molar-refractivity contribution in [1.82, 2.24) is 15.2 Å². The van der Waals surface area contributed by atoms with Crippen molar-refractivity contribution in [3.63, 3.8) is 0 Å². The molecule has 1 aliphatic rings. The lowest BCUT2D eigenvalue weighted by Gasteiger charge is -2.26. The van der Waals surface area contributed by atoms with Crippen molar-refractivity contribution in [2.45, 2.75) is 58.6 Å². The van der Waals surface area contributed by atoms with E-state index in [1.165, 1.54) is 43.7 Å². The molecule has 1 fully saturated rings. The molecule has 1 aromatic heterocycles. The Bertz CT molecular complexity index is 793. The Kier molecular flexibility index (Phi) is 8.10. The number of rotatable bonds is 8. The van der Waals surface area contributed by atoms with Gasteiger partial charge in [-0.15, -0.1) is 11.3 Å². The van der Waals surface area contributed by atoms with Crippen molar-refractivity contribution in [2.75, 3.05) is 26.2 Å². The number of carbonyl (C=O) groups is 1. The van der Waals surface area contributed by atoms with E-state index in [4.69, 9.17) is 9.47 Å². The summed E-state index contributed by atoms with van der Waals surface area (Å²) in [5, 5.41) is 3.68. The third-order valence-electron chi connectivity index (χ3n) is 4.81. The molecule has 0 atom stereocenters. The minimum Gasteiger partial charge on any atom is -0.494 e. The number of benzene rings is 1. The molecule has 6 nitrogen and oxygen atoms in total. The van der Waals surface area contributed by atoms with Crippen molar-refractivity contribution in [3.8, 4) is 16.3 Å². The van der Waals surface area contributed by atoms with E-state index in [2.05, 4.69) is 15.2 Å². The lowest BCUT2D eigenvalue weighted by molar-refractivity contribution is 0.132. The number of hydrogen-bond donors (Lipinski definition) is 1. The van der Waals surface area contributed by atoms with Crippen molar-refractivity contribution in [2.24, 2.45) is 0 Å². The summed E-state index contributed by atoms with van der Waals surface area (Å²) in [4.78, 5) is 19.7. The van der Waals surface area contributed by atoms with Crippen molar-refractivity contribution in [3.05, 3.63) is 35.3 Å². The molecule has 1 N–H and O–H groups in total. The second kappa shape index (κ2) is 10.8. The molecule has 2 heterocycles. The predicted octanol–water partition coefficient (Wildman–Crippen LogP) is 5.09. The number of piperidine rings is 1. The number of ether oxygens (including phenoxy) is 2. The highest BCUT2D eigenvalue weighted by atomic mass is 32.1. The molecule has 0 radical (unpaired) electrons. The van der Waals surface area contributed by atoms with E-state index in [1.54, 1.807) is 6.20 Å². The quantitative estimate of drug-likeness (QED) is 0.590. The molecule has 0 spiro atoms. The fourth-order valence-electron chi connectivity index (χ4n) is 3.34. The molecule has 2 aromatic rings. The van der Waals surface area contributed by atoms with Gasteiger partial charge in [0.25, 0.3) is 0 Å². The number of nitrogens with zero attached hydrogens (tertiary/aromatic N) is 2. The highest BCUT2D eigenvalue weighted by Gasteiger charge is 2.15. The predicted molar refractivity (Wildman–Crippen MR) is 121 cm³/mol. The van der Waals surface area contributed by atoms with Crippen LogP contribution in [0.25, 0.3) is 10.6 Å². The van der Waals surface area contributed by atoms with Gasteiger partial charge in [0.05, 0.1) is 11.5 Å². The van der Waals surface area contributed by atoms with Gasteiger partial charge in [-0.1, -0.05) is 6.42 Å². The summed E-state index contributed by atoms with van der Waals surface area (Å²) >= 11 is 1.53. The van der Waals surface area contributed by atoms with Crippen LogP contribution in [0.3, 0.4) is 0 Å². The van der Waals surface area contributed by atoms with E-state index in [1.807, 2.05) is 45.0 Å². The Morgan fingerprint density at radius 3 is 2.60 bits per heavy atom. The van der Waals surface area contributed by atoms with Crippen molar-refractivity contribution >= 4 is 17.4 Å². The van der Waals surface area contributed by atoms with Crippen LogP contribution >= 0.6 is 11.3 Å². The third-order valence-corrected chi connectivity index (χ3v) is 5.83. The average molecular weight is 432 g/mol. The van der Waals surface area contributed by atoms with Crippen LogP contribution in [0.2, 0.25) is 0 Å². The van der Waals surface area contributed by atoms with E-state index in [-0.39, 0.29) is 12.1 Å². The van der Waals surface area contributed by atoms with Crippen LogP contribution in [0.15, 0.2) is 30.5 Å². The van der Waals surface area contributed by atoms with Crippen LogP contribution in [0.1, 0.15) is 51.3 Å². The Morgan fingerprint density at radius 1 is 1.17 bits per heavy atom. The number of carbonyl (C=O) groups excluding carboxylic acids is 1. The summed E-state index contributed by atoms with van der Waals surface area (Å²) in [6.07, 6.45) is 6.43. The topological polar surface area (TPSA) is 63.7 Å². The van der Waals surface area contributed by atoms with Gasteiger partial charge < -0.3 is 19.7 Å². The third kappa shape index (κ3) is 7.61. The summed E-state index contributed by atoms with van der Waals surface area (Å²) in [5.41, 5.74) is 0.721. The highest BCUT2D eigenvalue weighted by molar-refractivity contribution is 7.15. The molecule has 0 saturated carbocycles. The van der Waals surface area contributed by atoms with Gasteiger partial charge >= 0.3 is 6.09 Å². The van der Waals surface area contributed by atoms with E-state index in [9.17, 15) is 4.79 Å². The summed E-state index contributed by atoms with van der Waals surface area (Å²) in [7, 11) is 0. The summed E-state index contributed by atoms with van der Waals surface area (Å²) < 4.78 is 11.2. The Morgan fingerprint density at radius 2 is 1.90 bits per heavy atom. The van der Waals surface area contributed by atoms with Crippen molar-refractivity contribution < 1.29 is 14.3 Å². The van der Waals surface area contributed by atoms with E-state index in [0.717, 1.165) is 40.8 Å². The summed E-state index contributed by atoms with van der Waals surface area (Å²) in [6.45, 7) is 10.3. The van der Waals surface area contributed by atoms with Gasteiger partial charge in [-0.25, -0.2) is 9.78 Å². The maximum absolute atomic E-state index is 11.8. The zero-order chi connectivity index (χ0) is 21.4. The molecule has 1 aromatic carbocycles. The minimum absolute atomic E-state index is 0.220. The maximum atomic E-state index is 11.8. The number of amides is 1. The molecule has 1 aliphatic heterocycles. The summed E-state index contributed by atoms with van der Waals surface area (Å²) in [6, 6.07) is 8.03. The van der Waals surface area contributed by atoms with Crippen LogP contribution in [0.4, 0.5) is 4.79 Å². The Labute approximate surface area is 183 Å². The maximum Gasteiger partial charge on any atom is 0.407 e. The van der Waals surface area contributed by atoms with Crippen LogP contribution in [-0.2, 0) is 11.3 Å². The van der Waals surface area contributed by atoms with Crippen LogP contribution < -0.4 is 10.1 Å². The molecule has 1 amide bonds. The molecule has 30 heavy (non-hydrogen) atoms. The average Bonchev–Trinajstić information content (AvgIpc) is 3.19. The van der Waals surface area contributed by atoms with Gasteiger partial charge in [0.15, 0.2) is 0 Å². The second-order valence-corrected chi connectivity index (χ2v) is 9.83. The highest BCUT2D eigenvalue weighted by Crippen LogP contribution is 2.27. The first-order chi connectivity index (χ1) is 14.4.